The Morgan fingerprint density at radius 1 is 1.32 bits per heavy atom. The van der Waals surface area contributed by atoms with E-state index in [0.717, 1.165) is 38.8 Å². The number of hydrogen-bond donors (Lipinski definition) is 3. The van der Waals surface area contributed by atoms with Gasteiger partial charge in [0.15, 0.2) is 5.60 Å². The van der Waals surface area contributed by atoms with Crippen LogP contribution >= 0.6 is 0 Å². The number of hydrogen-bond acceptors (Lipinski definition) is 4. The minimum atomic E-state index is -1.75. The largest absolute Gasteiger partial charge is 0.479 e. The van der Waals surface area contributed by atoms with Gasteiger partial charge in [0.05, 0.1) is 23.8 Å². The molecule has 178 valence electrons. The van der Waals surface area contributed by atoms with Crippen molar-refractivity contribution in [3.05, 3.63) is 59.7 Å². The lowest BCUT2D eigenvalue weighted by Crippen LogP contribution is -2.35. The molecule has 3 N–H and O–H groups in total. The van der Waals surface area contributed by atoms with Gasteiger partial charge in [0.1, 0.15) is 5.82 Å². The number of benzene rings is 2. The number of ether oxygens (including phenoxy) is 1. The van der Waals surface area contributed by atoms with Gasteiger partial charge in [0, 0.05) is 34.7 Å². The predicted molar refractivity (Wildman–Crippen MR) is 127 cm³/mol. The van der Waals surface area contributed by atoms with Crippen molar-refractivity contribution in [2.45, 2.75) is 50.0 Å². The number of nitrogens with one attached hydrogen (secondary N) is 1. The maximum Gasteiger partial charge on any atom is 0.335 e. The third-order valence-corrected chi connectivity index (χ3v) is 7.09. The van der Waals surface area contributed by atoms with Crippen LogP contribution < -0.4 is 0 Å². The average molecular weight is 466 g/mol. The lowest BCUT2D eigenvalue weighted by atomic mass is 9.81. The van der Waals surface area contributed by atoms with Gasteiger partial charge in [-0.3, -0.25) is 5.10 Å². The summed E-state index contributed by atoms with van der Waals surface area (Å²) in [4.78, 5) is 11.8. The van der Waals surface area contributed by atoms with E-state index in [9.17, 15) is 19.4 Å². The molecule has 0 radical (unpaired) electrons. The highest BCUT2D eigenvalue weighted by molar-refractivity contribution is 5.99. The zero-order chi connectivity index (χ0) is 24.3. The van der Waals surface area contributed by atoms with Gasteiger partial charge in [0.2, 0.25) is 0 Å². The van der Waals surface area contributed by atoms with Crippen LogP contribution in [0.4, 0.5) is 4.39 Å². The zero-order valence-electron chi connectivity index (χ0n) is 19.4. The van der Waals surface area contributed by atoms with Crippen LogP contribution in [0.2, 0.25) is 0 Å². The molecule has 0 unspecified atom stereocenters. The predicted octanol–water partition coefficient (Wildman–Crippen LogP) is 4.65. The molecule has 8 heteroatoms. The Morgan fingerprint density at radius 3 is 2.71 bits per heavy atom. The van der Waals surface area contributed by atoms with E-state index in [-0.39, 0.29) is 24.6 Å². The molecule has 1 saturated carbocycles. The van der Waals surface area contributed by atoms with Gasteiger partial charge >= 0.3 is 5.97 Å². The van der Waals surface area contributed by atoms with Gasteiger partial charge in [0.25, 0.3) is 0 Å². The number of carboxylic acids is 1. The summed E-state index contributed by atoms with van der Waals surface area (Å²) < 4.78 is 21.5. The Morgan fingerprint density at radius 2 is 2.06 bits per heavy atom. The molecule has 1 aliphatic carbocycles. The number of carboxylic acid groups (broad SMARTS) is 1. The zero-order valence-corrected chi connectivity index (χ0v) is 19.4. The normalized spacial score (nSPS) is 21.0. The van der Waals surface area contributed by atoms with Crippen molar-refractivity contribution >= 4 is 27.8 Å². The van der Waals surface area contributed by atoms with E-state index in [4.69, 9.17) is 4.74 Å². The fourth-order valence-electron chi connectivity index (χ4n) is 5.58. The smallest absolute Gasteiger partial charge is 0.335 e. The molecule has 4 aromatic rings. The van der Waals surface area contributed by atoms with E-state index in [1.165, 1.54) is 12.1 Å². The van der Waals surface area contributed by atoms with Crippen molar-refractivity contribution in [2.24, 2.45) is 0 Å². The molecule has 7 nitrogen and oxygen atoms in total. The Labute approximate surface area is 196 Å². The molecule has 0 bridgehead atoms. The first-order valence-electron chi connectivity index (χ1n) is 11.4. The van der Waals surface area contributed by atoms with E-state index in [2.05, 4.69) is 28.6 Å². The number of aromatic nitrogens is 3. The number of halogens is 1. The molecule has 2 aromatic heterocycles. The third kappa shape index (κ3) is 3.49. The van der Waals surface area contributed by atoms with Crippen LogP contribution in [0, 0.1) is 5.82 Å². The number of rotatable bonds is 6. The highest BCUT2D eigenvalue weighted by atomic mass is 19.1. The average Bonchev–Trinajstić information content (AvgIpc) is 3.48. The first-order valence-corrected chi connectivity index (χ1v) is 11.4. The first kappa shape index (κ1) is 22.6. The Hall–Kier alpha value is -3.23. The minimum Gasteiger partial charge on any atom is -0.479 e. The molecule has 34 heavy (non-hydrogen) atoms. The quantitative estimate of drug-likeness (QED) is 0.385. The molecule has 0 saturated heterocycles. The second-order valence-electron chi connectivity index (χ2n) is 9.99. The van der Waals surface area contributed by atoms with E-state index in [1.807, 2.05) is 12.1 Å². The van der Waals surface area contributed by atoms with Crippen LogP contribution in [0.25, 0.3) is 27.5 Å². The minimum absolute atomic E-state index is 0.127. The summed E-state index contributed by atoms with van der Waals surface area (Å²) in [5.41, 5.74) is 2.33. The van der Waals surface area contributed by atoms with Crippen LogP contribution in [0.5, 0.6) is 0 Å². The second kappa shape index (κ2) is 7.92. The fraction of sp³-hybridized carbons (Fsp3) is 0.385. The van der Waals surface area contributed by atoms with Crippen molar-refractivity contribution in [3.63, 3.8) is 0 Å². The molecule has 0 amide bonds. The number of carbonyl (C=O) groups is 1. The van der Waals surface area contributed by atoms with Crippen molar-refractivity contribution in [3.8, 4) is 5.69 Å². The maximum atomic E-state index is 13.8. The molecule has 5 rings (SSSR count). The van der Waals surface area contributed by atoms with Crippen LogP contribution in [-0.2, 0) is 14.9 Å². The first-order chi connectivity index (χ1) is 16.1. The van der Waals surface area contributed by atoms with E-state index in [1.54, 1.807) is 25.4 Å². The standard InChI is InChI=1S/C26H28FN3O4/c1-25(2,14-34-3)23-22(15-8-9-26(33,12-15)24(31)32)19-11-20-16(13-28-29-20)10-21(19)30(23)18-6-4-17(27)5-7-18/h4-7,10-11,13,15,33H,8-9,12,14H2,1-3H3,(H,28,29)(H,31,32)/t15-,26+/m1/s1. The topological polar surface area (TPSA) is 100 Å². The Bertz CT molecular complexity index is 1390. The molecular formula is C26H28FN3O4. The summed E-state index contributed by atoms with van der Waals surface area (Å²) in [6, 6.07) is 10.4. The van der Waals surface area contributed by atoms with Crippen LogP contribution in [0.3, 0.4) is 0 Å². The van der Waals surface area contributed by atoms with Crippen LogP contribution in [0.1, 0.15) is 50.3 Å². The third-order valence-electron chi connectivity index (χ3n) is 7.09. The van der Waals surface area contributed by atoms with Gasteiger partial charge < -0.3 is 19.5 Å². The Kier molecular flexibility index (Phi) is 5.26. The number of aliphatic carboxylic acids is 1. The number of aromatic amines is 1. The SMILES string of the molecule is COCC(C)(C)c1c([C@@H]2CC[C@@](O)(C(=O)O)C2)c2cc3[nH]ncc3cc2n1-c1ccc(F)cc1. The van der Waals surface area contributed by atoms with Gasteiger partial charge in [-0.25, -0.2) is 9.18 Å². The van der Waals surface area contributed by atoms with E-state index in [0.29, 0.717) is 13.0 Å². The molecule has 0 aliphatic heterocycles. The van der Waals surface area contributed by atoms with Crippen molar-refractivity contribution in [1.82, 2.24) is 14.8 Å². The highest BCUT2D eigenvalue weighted by Gasteiger charge is 2.47. The van der Waals surface area contributed by atoms with Gasteiger partial charge in [-0.05, 0) is 67.1 Å². The van der Waals surface area contributed by atoms with Gasteiger partial charge in [-0.1, -0.05) is 13.8 Å². The second-order valence-corrected chi connectivity index (χ2v) is 9.99. The summed E-state index contributed by atoms with van der Waals surface area (Å²) in [7, 11) is 1.65. The van der Waals surface area contributed by atoms with E-state index >= 15 is 0 Å². The van der Waals surface area contributed by atoms with Crippen molar-refractivity contribution < 1.29 is 24.1 Å². The van der Waals surface area contributed by atoms with Crippen molar-refractivity contribution in [1.29, 1.82) is 0 Å². The Balaban J connectivity index is 1.87. The number of fused-ring (bicyclic) bond motifs is 2. The maximum absolute atomic E-state index is 13.8. The van der Waals surface area contributed by atoms with Crippen LogP contribution in [-0.4, -0.2) is 50.3 Å². The lowest BCUT2D eigenvalue weighted by molar-refractivity contribution is -0.157. The van der Waals surface area contributed by atoms with Crippen LogP contribution in [0.15, 0.2) is 42.6 Å². The number of methoxy groups -OCH3 is 1. The van der Waals surface area contributed by atoms with E-state index < -0.39 is 17.0 Å². The summed E-state index contributed by atoms with van der Waals surface area (Å²) in [6.07, 6.45) is 2.62. The number of aliphatic hydroxyl groups is 1. The summed E-state index contributed by atoms with van der Waals surface area (Å²) in [5, 5.41) is 29.5. The summed E-state index contributed by atoms with van der Waals surface area (Å²) in [5.74, 6) is -1.68. The molecular weight excluding hydrogens is 437 g/mol. The summed E-state index contributed by atoms with van der Waals surface area (Å²) >= 11 is 0. The number of H-pyrrole nitrogens is 1. The number of nitrogens with zero attached hydrogens (tertiary/aromatic N) is 2. The van der Waals surface area contributed by atoms with Crippen molar-refractivity contribution in [2.75, 3.05) is 13.7 Å². The monoisotopic (exact) mass is 465 g/mol. The molecule has 1 fully saturated rings. The molecule has 2 aromatic carbocycles. The van der Waals surface area contributed by atoms with Gasteiger partial charge in [-0.15, -0.1) is 0 Å². The molecule has 2 atom stereocenters. The molecule has 1 aliphatic rings. The molecule has 2 heterocycles. The lowest BCUT2D eigenvalue weighted by Gasteiger charge is -2.29. The fourth-order valence-corrected chi connectivity index (χ4v) is 5.58. The highest BCUT2D eigenvalue weighted by Crippen LogP contribution is 2.49. The van der Waals surface area contributed by atoms with Gasteiger partial charge in [-0.2, -0.15) is 5.10 Å². The summed E-state index contributed by atoms with van der Waals surface area (Å²) in [6.45, 7) is 4.59. The molecule has 0 spiro atoms.